The van der Waals surface area contributed by atoms with Gasteiger partial charge in [-0.25, -0.2) is 8.42 Å². The lowest BCUT2D eigenvalue weighted by atomic mass is 9.93. The van der Waals surface area contributed by atoms with Crippen LogP contribution in [-0.2, 0) is 27.4 Å². The smallest absolute Gasteiger partial charge is 0.341 e. The second-order valence-corrected chi connectivity index (χ2v) is 13.1. The fourth-order valence-electron chi connectivity index (χ4n) is 4.64. The molecule has 6 nitrogen and oxygen atoms in total. The minimum atomic E-state index is -4.62. The number of carbonyl (C=O) groups is 1. The highest BCUT2D eigenvalue weighted by Crippen LogP contribution is 2.36. The number of carbonyl (C=O) groups excluding carboxylic acids is 1. The zero-order chi connectivity index (χ0) is 28.4. The lowest BCUT2D eigenvalue weighted by Crippen LogP contribution is -2.51. The SMILES string of the molecule is CN(Cc1ccc(Cl)c(C(F)(F)F)c1)C(=O)C(CCN1CCC(S(C)(=O)=O)CC1N)c1ccc(Cl)c(Cl)c1. The highest BCUT2D eigenvalue weighted by Gasteiger charge is 2.35. The van der Waals surface area contributed by atoms with E-state index in [1.807, 2.05) is 4.90 Å². The number of nitrogens with zero attached hydrogens (tertiary/aromatic N) is 2. The molecule has 2 aromatic carbocycles. The molecule has 3 unspecified atom stereocenters. The number of amides is 1. The summed E-state index contributed by atoms with van der Waals surface area (Å²) in [6.45, 7) is 0.791. The van der Waals surface area contributed by atoms with E-state index in [0.717, 1.165) is 12.1 Å². The standard InChI is InChI=1S/C25H29Cl3F3N3O3S/c1-33(14-15-3-5-20(26)19(11-15)25(29,30)31)24(35)18(16-4-6-21(27)22(28)12-16)8-10-34-9-7-17(13-23(34)32)38(2,36)37/h3-6,11-12,17-18,23H,7-10,13-14,32H2,1-2H3. The molecule has 0 aromatic heterocycles. The van der Waals surface area contributed by atoms with Crippen LogP contribution in [0.1, 0.15) is 41.9 Å². The Morgan fingerprint density at radius 3 is 2.37 bits per heavy atom. The van der Waals surface area contributed by atoms with E-state index in [-0.39, 0.29) is 23.0 Å². The monoisotopic (exact) mass is 613 g/mol. The van der Waals surface area contributed by atoms with E-state index in [9.17, 15) is 26.4 Å². The molecule has 1 fully saturated rings. The molecule has 2 aromatic rings. The summed E-state index contributed by atoms with van der Waals surface area (Å²) in [5.74, 6) is -1.02. The fourth-order valence-corrected chi connectivity index (χ4v) is 6.25. The molecule has 0 spiro atoms. The van der Waals surface area contributed by atoms with Gasteiger partial charge in [0.1, 0.15) is 9.84 Å². The number of hydrogen-bond donors (Lipinski definition) is 1. The van der Waals surface area contributed by atoms with Crippen molar-refractivity contribution in [3.63, 3.8) is 0 Å². The van der Waals surface area contributed by atoms with E-state index in [1.54, 1.807) is 18.2 Å². The molecule has 1 aliphatic rings. The molecule has 1 heterocycles. The first-order chi connectivity index (χ1) is 17.6. The summed E-state index contributed by atoms with van der Waals surface area (Å²) in [6, 6.07) is 8.41. The maximum Gasteiger partial charge on any atom is 0.417 e. The van der Waals surface area contributed by atoms with E-state index in [4.69, 9.17) is 40.5 Å². The van der Waals surface area contributed by atoms with Crippen molar-refractivity contribution in [3.8, 4) is 0 Å². The molecular formula is C25H29Cl3F3N3O3S. The quantitative estimate of drug-likeness (QED) is 0.419. The van der Waals surface area contributed by atoms with Crippen LogP contribution in [0.2, 0.25) is 15.1 Å². The van der Waals surface area contributed by atoms with Gasteiger partial charge in [0.15, 0.2) is 0 Å². The number of nitrogens with two attached hydrogens (primary N) is 1. The molecule has 38 heavy (non-hydrogen) atoms. The molecule has 210 valence electrons. The van der Waals surface area contributed by atoms with Crippen molar-refractivity contribution in [1.82, 2.24) is 9.80 Å². The predicted octanol–water partition coefficient (Wildman–Crippen LogP) is 5.59. The Kier molecular flexibility index (Phi) is 10.0. The van der Waals surface area contributed by atoms with Crippen LogP contribution in [0.15, 0.2) is 36.4 Å². The molecule has 1 amide bonds. The number of rotatable bonds is 8. The lowest BCUT2D eigenvalue weighted by molar-refractivity contribution is -0.137. The van der Waals surface area contributed by atoms with Crippen molar-refractivity contribution in [2.45, 2.75) is 49.3 Å². The number of hydrogen-bond acceptors (Lipinski definition) is 5. The Bertz CT molecular complexity index is 1280. The van der Waals surface area contributed by atoms with Gasteiger partial charge >= 0.3 is 6.18 Å². The third kappa shape index (κ3) is 7.76. The maximum atomic E-state index is 13.6. The average molecular weight is 615 g/mol. The minimum Gasteiger partial charge on any atom is -0.341 e. The van der Waals surface area contributed by atoms with Gasteiger partial charge in [0.25, 0.3) is 0 Å². The van der Waals surface area contributed by atoms with Gasteiger partial charge in [0, 0.05) is 32.9 Å². The summed E-state index contributed by atoms with van der Waals surface area (Å²) < 4.78 is 63.8. The van der Waals surface area contributed by atoms with E-state index in [1.165, 1.54) is 24.3 Å². The van der Waals surface area contributed by atoms with Crippen molar-refractivity contribution in [2.75, 3.05) is 26.4 Å². The Labute approximate surface area is 235 Å². The van der Waals surface area contributed by atoms with Gasteiger partial charge in [-0.3, -0.25) is 9.69 Å². The van der Waals surface area contributed by atoms with Crippen molar-refractivity contribution in [3.05, 3.63) is 68.2 Å². The van der Waals surface area contributed by atoms with Crippen LogP contribution in [0.25, 0.3) is 0 Å². The van der Waals surface area contributed by atoms with Crippen LogP contribution < -0.4 is 5.73 Å². The number of alkyl halides is 3. The Hall–Kier alpha value is -1.56. The number of likely N-dealkylation sites (N-methyl/N-ethyl adjacent to an activating group) is 1. The van der Waals surface area contributed by atoms with Crippen LogP contribution in [0.3, 0.4) is 0 Å². The molecule has 0 bridgehead atoms. The molecule has 1 aliphatic heterocycles. The van der Waals surface area contributed by atoms with Gasteiger partial charge in [-0.2, -0.15) is 13.2 Å². The van der Waals surface area contributed by atoms with E-state index >= 15 is 0 Å². The zero-order valence-electron chi connectivity index (χ0n) is 20.8. The van der Waals surface area contributed by atoms with Gasteiger partial charge in [-0.15, -0.1) is 0 Å². The van der Waals surface area contributed by atoms with Crippen molar-refractivity contribution < 1.29 is 26.4 Å². The normalized spacial score (nSPS) is 19.8. The first-order valence-corrected chi connectivity index (χ1v) is 14.9. The summed E-state index contributed by atoms with van der Waals surface area (Å²) in [5.41, 5.74) is 6.17. The van der Waals surface area contributed by atoms with Crippen LogP contribution in [0.4, 0.5) is 13.2 Å². The number of piperidine rings is 1. The largest absolute Gasteiger partial charge is 0.417 e. The number of benzene rings is 2. The summed E-state index contributed by atoms with van der Waals surface area (Å²) in [6.07, 6.45) is -2.85. The summed E-state index contributed by atoms with van der Waals surface area (Å²) in [4.78, 5) is 16.9. The average Bonchev–Trinajstić information content (AvgIpc) is 2.81. The van der Waals surface area contributed by atoms with Gasteiger partial charge in [-0.05, 0) is 54.7 Å². The second-order valence-electron chi connectivity index (χ2n) is 9.60. The summed E-state index contributed by atoms with van der Waals surface area (Å²) >= 11 is 18.0. The van der Waals surface area contributed by atoms with Crippen LogP contribution in [0.5, 0.6) is 0 Å². The van der Waals surface area contributed by atoms with E-state index in [2.05, 4.69) is 0 Å². The Morgan fingerprint density at radius 1 is 1.13 bits per heavy atom. The molecule has 0 aliphatic carbocycles. The molecule has 3 rings (SSSR count). The minimum absolute atomic E-state index is 0.0732. The molecule has 0 saturated carbocycles. The highest BCUT2D eigenvalue weighted by atomic mass is 35.5. The topological polar surface area (TPSA) is 83.7 Å². The highest BCUT2D eigenvalue weighted by molar-refractivity contribution is 7.91. The van der Waals surface area contributed by atoms with Crippen molar-refractivity contribution in [1.29, 1.82) is 0 Å². The molecular weight excluding hydrogens is 586 g/mol. The molecule has 0 radical (unpaired) electrons. The first kappa shape index (κ1) is 31.0. The van der Waals surface area contributed by atoms with Crippen molar-refractivity contribution >= 4 is 50.5 Å². The Balaban J connectivity index is 1.80. The number of sulfone groups is 1. The predicted molar refractivity (Wildman–Crippen MR) is 144 cm³/mol. The van der Waals surface area contributed by atoms with Gasteiger partial charge in [0.05, 0.1) is 38.0 Å². The van der Waals surface area contributed by atoms with Crippen LogP contribution >= 0.6 is 34.8 Å². The maximum absolute atomic E-state index is 13.6. The summed E-state index contributed by atoms with van der Waals surface area (Å²) in [7, 11) is -1.70. The van der Waals surface area contributed by atoms with Gasteiger partial charge < -0.3 is 10.6 Å². The van der Waals surface area contributed by atoms with Gasteiger partial charge in [-0.1, -0.05) is 46.9 Å². The van der Waals surface area contributed by atoms with E-state index in [0.29, 0.717) is 42.9 Å². The van der Waals surface area contributed by atoms with Crippen LogP contribution in [-0.4, -0.2) is 61.9 Å². The molecule has 13 heteroatoms. The Morgan fingerprint density at radius 2 is 1.79 bits per heavy atom. The third-order valence-corrected chi connectivity index (χ3v) is 9.51. The van der Waals surface area contributed by atoms with Gasteiger partial charge in [0.2, 0.25) is 5.91 Å². The third-order valence-electron chi connectivity index (χ3n) is 6.80. The number of likely N-dealkylation sites (tertiary alicyclic amines) is 1. The lowest BCUT2D eigenvalue weighted by Gasteiger charge is -2.37. The zero-order valence-corrected chi connectivity index (χ0v) is 23.9. The first-order valence-electron chi connectivity index (χ1n) is 11.8. The van der Waals surface area contributed by atoms with Crippen molar-refractivity contribution in [2.24, 2.45) is 5.73 Å². The molecule has 2 N–H and O–H groups in total. The number of halogens is 6. The van der Waals surface area contributed by atoms with Crippen LogP contribution in [0, 0.1) is 0 Å². The second kappa shape index (κ2) is 12.3. The molecule has 1 saturated heterocycles. The summed E-state index contributed by atoms with van der Waals surface area (Å²) in [5, 5.41) is -0.336. The molecule has 3 atom stereocenters. The van der Waals surface area contributed by atoms with E-state index < -0.39 is 43.9 Å². The fraction of sp³-hybridized carbons (Fsp3) is 0.480.